The Hall–Kier alpha value is -2.46. The number of rotatable bonds is 2. The van der Waals surface area contributed by atoms with Gasteiger partial charge in [0.15, 0.2) is 0 Å². The summed E-state index contributed by atoms with van der Waals surface area (Å²) in [6.07, 6.45) is 0.00785. The number of primary amides is 1. The summed E-state index contributed by atoms with van der Waals surface area (Å²) in [7, 11) is 1.49. The van der Waals surface area contributed by atoms with Crippen molar-refractivity contribution in [3.63, 3.8) is 0 Å². The molecule has 1 aromatic rings. The van der Waals surface area contributed by atoms with Gasteiger partial charge in [-0.05, 0) is 18.2 Å². The molecule has 0 saturated carbocycles. The minimum absolute atomic E-state index is 0.00785. The van der Waals surface area contributed by atoms with E-state index < -0.39 is 5.91 Å². The van der Waals surface area contributed by atoms with E-state index in [2.05, 4.69) is 11.8 Å². The fourth-order valence-corrected chi connectivity index (χ4v) is 1.11. The molecule has 80 valence electrons. The molecule has 0 bridgehead atoms. The molecular weight excluding hydrogens is 204 g/mol. The summed E-state index contributed by atoms with van der Waals surface area (Å²) in [5.41, 5.74) is 6.01. The van der Waals surface area contributed by atoms with Gasteiger partial charge in [0.05, 0.1) is 19.1 Å². The van der Waals surface area contributed by atoms with Gasteiger partial charge in [-0.3, -0.25) is 4.79 Å². The molecule has 0 saturated heterocycles. The van der Waals surface area contributed by atoms with Crippen molar-refractivity contribution in [1.29, 1.82) is 5.26 Å². The number of benzene rings is 1. The zero-order valence-corrected chi connectivity index (χ0v) is 8.78. The summed E-state index contributed by atoms with van der Waals surface area (Å²) < 4.78 is 4.99. The second kappa shape index (κ2) is 5.43. The number of carbonyl (C=O) groups is 1. The van der Waals surface area contributed by atoms with E-state index in [4.69, 9.17) is 15.7 Å². The molecule has 0 unspecified atom stereocenters. The Morgan fingerprint density at radius 2 is 2.31 bits per heavy atom. The lowest BCUT2D eigenvalue weighted by Crippen LogP contribution is -2.08. The van der Waals surface area contributed by atoms with Crippen molar-refractivity contribution >= 4 is 5.91 Å². The number of amides is 1. The molecule has 1 rings (SSSR count). The van der Waals surface area contributed by atoms with Crippen molar-refractivity contribution in [2.45, 2.75) is 6.42 Å². The summed E-state index contributed by atoms with van der Waals surface area (Å²) in [5, 5.41) is 8.84. The quantitative estimate of drug-likeness (QED) is 0.739. The van der Waals surface area contributed by atoms with Crippen molar-refractivity contribution in [1.82, 2.24) is 0 Å². The van der Waals surface area contributed by atoms with Crippen LogP contribution in [0.4, 0.5) is 0 Å². The third-order valence-electron chi connectivity index (χ3n) is 1.82. The average molecular weight is 214 g/mol. The highest BCUT2D eigenvalue weighted by Gasteiger charge is 2.01. The van der Waals surface area contributed by atoms with Gasteiger partial charge in [0.2, 0.25) is 5.91 Å². The van der Waals surface area contributed by atoms with Gasteiger partial charge in [-0.2, -0.15) is 5.26 Å². The zero-order valence-electron chi connectivity index (χ0n) is 8.78. The SMILES string of the molecule is COc1ccc(C#CCC(N)=O)cc1C#N. The van der Waals surface area contributed by atoms with Crippen LogP contribution in [0.25, 0.3) is 0 Å². The first-order valence-corrected chi connectivity index (χ1v) is 4.52. The van der Waals surface area contributed by atoms with Crippen LogP contribution in [-0.2, 0) is 4.79 Å². The van der Waals surface area contributed by atoms with E-state index in [0.717, 1.165) is 0 Å². The van der Waals surface area contributed by atoms with Crippen molar-refractivity contribution in [3.8, 4) is 23.7 Å². The van der Waals surface area contributed by atoms with Gasteiger partial charge >= 0.3 is 0 Å². The second-order valence-corrected chi connectivity index (χ2v) is 2.97. The van der Waals surface area contributed by atoms with Crippen LogP contribution in [0.15, 0.2) is 18.2 Å². The van der Waals surface area contributed by atoms with Gasteiger partial charge in [-0.15, -0.1) is 0 Å². The summed E-state index contributed by atoms with van der Waals surface area (Å²) in [6, 6.07) is 6.98. The van der Waals surface area contributed by atoms with Crippen LogP contribution in [0.2, 0.25) is 0 Å². The van der Waals surface area contributed by atoms with Crippen LogP contribution >= 0.6 is 0 Å². The summed E-state index contributed by atoms with van der Waals surface area (Å²) >= 11 is 0. The Labute approximate surface area is 93.6 Å². The monoisotopic (exact) mass is 214 g/mol. The Kier molecular flexibility index (Phi) is 3.94. The molecule has 0 aliphatic rings. The normalized spacial score (nSPS) is 8.50. The lowest BCUT2D eigenvalue weighted by molar-refractivity contribution is -0.117. The van der Waals surface area contributed by atoms with Crippen LogP contribution in [0.3, 0.4) is 0 Å². The number of nitriles is 1. The van der Waals surface area contributed by atoms with E-state index in [-0.39, 0.29) is 6.42 Å². The standard InChI is InChI=1S/C12H10N2O2/c1-16-11-6-5-9(7-10(11)8-13)3-2-4-12(14)15/h5-7H,4H2,1H3,(H2,14,15). The predicted molar refractivity (Wildman–Crippen MR) is 58.4 cm³/mol. The topological polar surface area (TPSA) is 76.1 Å². The van der Waals surface area contributed by atoms with Crippen LogP contribution < -0.4 is 10.5 Å². The number of nitrogens with two attached hydrogens (primary N) is 1. The third-order valence-corrected chi connectivity index (χ3v) is 1.82. The molecule has 16 heavy (non-hydrogen) atoms. The molecule has 1 amide bonds. The van der Waals surface area contributed by atoms with Crippen LogP contribution in [0.1, 0.15) is 17.5 Å². The molecule has 0 aliphatic heterocycles. The number of methoxy groups -OCH3 is 1. The van der Waals surface area contributed by atoms with Crippen molar-refractivity contribution in [2.24, 2.45) is 5.73 Å². The number of hydrogen-bond donors (Lipinski definition) is 1. The van der Waals surface area contributed by atoms with E-state index in [0.29, 0.717) is 16.9 Å². The molecule has 0 spiro atoms. The molecule has 0 atom stereocenters. The van der Waals surface area contributed by atoms with Crippen molar-refractivity contribution in [3.05, 3.63) is 29.3 Å². The van der Waals surface area contributed by atoms with Crippen LogP contribution in [0.5, 0.6) is 5.75 Å². The fourth-order valence-electron chi connectivity index (χ4n) is 1.11. The molecule has 4 heteroatoms. The molecule has 0 fully saturated rings. The first kappa shape index (κ1) is 11.6. The van der Waals surface area contributed by atoms with E-state index in [1.54, 1.807) is 18.2 Å². The van der Waals surface area contributed by atoms with Crippen molar-refractivity contribution < 1.29 is 9.53 Å². The van der Waals surface area contributed by atoms with Crippen LogP contribution in [-0.4, -0.2) is 13.0 Å². The van der Waals surface area contributed by atoms with E-state index >= 15 is 0 Å². The predicted octanol–water partition coefficient (Wildman–Crippen LogP) is 0.794. The Morgan fingerprint density at radius 1 is 1.56 bits per heavy atom. The van der Waals surface area contributed by atoms with E-state index in [1.165, 1.54) is 7.11 Å². The number of ether oxygens (including phenoxy) is 1. The van der Waals surface area contributed by atoms with Gasteiger partial charge in [0.1, 0.15) is 11.8 Å². The molecule has 4 nitrogen and oxygen atoms in total. The first-order chi connectivity index (χ1) is 7.67. The Morgan fingerprint density at radius 3 is 2.88 bits per heavy atom. The van der Waals surface area contributed by atoms with E-state index in [1.807, 2.05) is 6.07 Å². The average Bonchev–Trinajstić information content (AvgIpc) is 2.28. The first-order valence-electron chi connectivity index (χ1n) is 4.52. The maximum Gasteiger partial charge on any atom is 0.229 e. The molecule has 0 radical (unpaired) electrons. The smallest absolute Gasteiger partial charge is 0.229 e. The number of nitrogens with zero attached hydrogens (tertiary/aromatic N) is 1. The number of hydrogen-bond acceptors (Lipinski definition) is 3. The highest BCUT2D eigenvalue weighted by atomic mass is 16.5. The van der Waals surface area contributed by atoms with Gasteiger partial charge in [0.25, 0.3) is 0 Å². The minimum atomic E-state index is -0.471. The Bertz CT molecular complexity index is 504. The molecule has 0 heterocycles. The van der Waals surface area contributed by atoms with Gasteiger partial charge in [-0.1, -0.05) is 11.8 Å². The second-order valence-electron chi connectivity index (χ2n) is 2.97. The zero-order chi connectivity index (χ0) is 12.0. The molecule has 2 N–H and O–H groups in total. The molecule has 1 aromatic carbocycles. The largest absolute Gasteiger partial charge is 0.495 e. The summed E-state index contributed by atoms with van der Waals surface area (Å²) in [5.74, 6) is 5.39. The molecular formula is C12H10N2O2. The Balaban J connectivity index is 2.95. The maximum absolute atomic E-state index is 10.5. The fraction of sp³-hybridized carbons (Fsp3) is 0.167. The highest BCUT2D eigenvalue weighted by Crippen LogP contribution is 2.18. The maximum atomic E-state index is 10.5. The van der Waals surface area contributed by atoms with Crippen LogP contribution in [0, 0.1) is 23.2 Å². The minimum Gasteiger partial charge on any atom is -0.495 e. The lowest BCUT2D eigenvalue weighted by atomic mass is 10.1. The molecule has 0 aliphatic carbocycles. The lowest BCUT2D eigenvalue weighted by Gasteiger charge is -2.01. The number of carbonyl (C=O) groups excluding carboxylic acids is 1. The van der Waals surface area contributed by atoms with Crippen molar-refractivity contribution in [2.75, 3.05) is 7.11 Å². The van der Waals surface area contributed by atoms with Gasteiger partial charge in [0, 0.05) is 5.56 Å². The van der Waals surface area contributed by atoms with Gasteiger partial charge < -0.3 is 10.5 Å². The highest BCUT2D eigenvalue weighted by molar-refractivity contribution is 5.76. The van der Waals surface area contributed by atoms with Gasteiger partial charge in [-0.25, -0.2) is 0 Å². The summed E-state index contributed by atoms with van der Waals surface area (Å²) in [6.45, 7) is 0. The summed E-state index contributed by atoms with van der Waals surface area (Å²) in [4.78, 5) is 10.5. The van der Waals surface area contributed by atoms with E-state index in [9.17, 15) is 4.79 Å². The third kappa shape index (κ3) is 3.04. The molecule has 0 aromatic heterocycles.